The number of nitrogens with zero attached hydrogens (tertiary/aromatic N) is 2. The Hall–Kier alpha value is -3.28. The van der Waals surface area contributed by atoms with E-state index in [0.29, 0.717) is 12.0 Å². The molecule has 28 heavy (non-hydrogen) atoms. The number of hydrogen-bond acceptors (Lipinski definition) is 8. The number of carboxylic acid groups (broad SMARTS) is 1. The summed E-state index contributed by atoms with van der Waals surface area (Å²) >= 11 is 0. The highest BCUT2D eigenvalue weighted by Crippen LogP contribution is 2.49. The molecule has 2 aliphatic rings. The summed E-state index contributed by atoms with van der Waals surface area (Å²) in [5.74, 6) is -2.27. The third-order valence-electron chi connectivity index (χ3n) is 4.71. The Morgan fingerprint density at radius 1 is 1.46 bits per heavy atom. The van der Waals surface area contributed by atoms with Crippen molar-refractivity contribution in [2.45, 2.75) is 23.1 Å². The number of sulfone groups is 1. The molecule has 1 aromatic heterocycles. The molecule has 2 fully saturated rings. The zero-order valence-corrected chi connectivity index (χ0v) is 15.3. The van der Waals surface area contributed by atoms with Crippen LogP contribution in [0.25, 0.3) is 6.08 Å². The van der Waals surface area contributed by atoms with Gasteiger partial charge >= 0.3 is 12.1 Å². The van der Waals surface area contributed by atoms with E-state index in [0.717, 1.165) is 11.8 Å². The maximum Gasteiger partial charge on any atom is 0.412 e. The molecule has 148 valence electrons. The summed E-state index contributed by atoms with van der Waals surface area (Å²) in [5.41, 5.74) is 0.250. The third kappa shape index (κ3) is 2.72. The Kier molecular flexibility index (Phi) is 4.67. The van der Waals surface area contributed by atoms with Gasteiger partial charge in [-0.1, -0.05) is 6.07 Å². The van der Waals surface area contributed by atoms with E-state index in [2.05, 4.69) is 4.98 Å². The second kappa shape index (κ2) is 6.71. The number of carbonyl (C=O) groups is 3. The Balaban J connectivity index is 2.01. The zero-order chi connectivity index (χ0) is 20.7. The number of carbonyl (C=O) groups excluding carboxylic acids is 2. The number of hydrogen-bond donors (Lipinski definition) is 3. The fraction of sp³-hybridized carbons (Fsp3) is 0.312. The van der Waals surface area contributed by atoms with Crippen LogP contribution >= 0.6 is 0 Å². The van der Waals surface area contributed by atoms with Crippen molar-refractivity contribution in [3.05, 3.63) is 35.7 Å². The number of amides is 2. The van der Waals surface area contributed by atoms with Crippen LogP contribution in [-0.4, -0.2) is 70.5 Å². The van der Waals surface area contributed by atoms with Crippen LogP contribution in [0.3, 0.4) is 0 Å². The predicted molar refractivity (Wildman–Crippen MR) is 94.9 cm³/mol. The molecule has 0 saturated carbocycles. The monoisotopic (exact) mass is 408 g/mol. The number of aliphatic carboxylic acids is 1. The molecule has 2 amide bonds. The molecule has 12 heteroatoms. The van der Waals surface area contributed by atoms with Gasteiger partial charge in [-0.2, -0.15) is 0 Å². The van der Waals surface area contributed by atoms with Crippen molar-refractivity contribution in [3.8, 4) is 0 Å². The highest BCUT2D eigenvalue weighted by Gasteiger charge is 2.72. The normalized spacial score (nSPS) is 29.0. The Labute approximate surface area is 159 Å². The second-order valence-electron chi connectivity index (χ2n) is 6.38. The van der Waals surface area contributed by atoms with E-state index < -0.39 is 50.6 Å². The summed E-state index contributed by atoms with van der Waals surface area (Å²) in [5, 5.41) is 16.8. The van der Waals surface area contributed by atoms with Crippen LogP contribution in [0.15, 0.2) is 30.0 Å². The average molecular weight is 408 g/mol. The highest BCUT2D eigenvalue weighted by atomic mass is 32.2. The first-order valence-corrected chi connectivity index (χ1v) is 9.53. The molecule has 0 aromatic carbocycles. The van der Waals surface area contributed by atoms with Crippen LogP contribution < -0.4 is 5.32 Å². The standard InChI is InChI=1S/C16H16N4O7S/c1-16(7-27-15(24)19-8-17)11(14(22)23)20-12(21)10(13(20)28(16,25)26)6-9-4-2-3-5-18-9/h2-6,8,11,13H,7H2,1H3,(H,22,23)(H2,17,19,24)/b10-6-/t11-,13?,16-/m0/s1. The van der Waals surface area contributed by atoms with Crippen LogP contribution in [0, 0.1) is 5.41 Å². The van der Waals surface area contributed by atoms with Gasteiger partial charge in [0, 0.05) is 6.20 Å². The van der Waals surface area contributed by atoms with Crippen molar-refractivity contribution in [3.63, 3.8) is 0 Å². The first-order valence-electron chi connectivity index (χ1n) is 7.99. The first kappa shape index (κ1) is 19.5. The fourth-order valence-corrected chi connectivity index (χ4v) is 5.60. The number of alkyl carbamates (subject to hydrolysis) is 1. The lowest BCUT2D eigenvalue weighted by molar-refractivity contribution is -0.153. The van der Waals surface area contributed by atoms with Crippen molar-refractivity contribution < 1.29 is 32.6 Å². The Bertz CT molecular complexity index is 992. The minimum absolute atomic E-state index is 0.0994. The quantitative estimate of drug-likeness (QED) is 0.256. The van der Waals surface area contributed by atoms with Gasteiger partial charge in [0.05, 0.1) is 17.6 Å². The van der Waals surface area contributed by atoms with Gasteiger partial charge in [0.25, 0.3) is 5.91 Å². The van der Waals surface area contributed by atoms with Crippen LogP contribution in [0.4, 0.5) is 4.79 Å². The fourth-order valence-electron chi connectivity index (χ4n) is 3.32. The second-order valence-corrected chi connectivity index (χ2v) is 8.85. The van der Waals surface area contributed by atoms with Gasteiger partial charge in [-0.15, -0.1) is 0 Å². The zero-order valence-electron chi connectivity index (χ0n) is 14.5. The van der Waals surface area contributed by atoms with E-state index >= 15 is 0 Å². The molecule has 1 unspecified atom stereocenters. The molecule has 0 aliphatic carbocycles. The minimum Gasteiger partial charge on any atom is -0.480 e. The number of β-lactam (4-membered cyclic amide) rings is 1. The number of fused-ring (bicyclic) bond motifs is 1. The number of carboxylic acids is 1. The number of aromatic nitrogens is 1. The molecule has 3 atom stereocenters. The summed E-state index contributed by atoms with van der Waals surface area (Å²) in [7, 11) is -4.27. The van der Waals surface area contributed by atoms with Gasteiger partial charge in [-0.3, -0.25) is 20.5 Å². The minimum atomic E-state index is -4.27. The number of ether oxygens (including phenoxy) is 1. The van der Waals surface area contributed by atoms with E-state index in [-0.39, 0.29) is 5.57 Å². The molecule has 3 heterocycles. The molecule has 1 aromatic rings. The SMILES string of the molecule is C[C@]1(COC(=O)NC=N)[C@H](C(=O)O)N2C(=O)/C(=C/c3ccccn3)C2S1(=O)=O. The third-order valence-corrected chi connectivity index (χ3v) is 7.42. The molecular formula is C16H16N4O7S. The van der Waals surface area contributed by atoms with E-state index in [9.17, 15) is 27.9 Å². The maximum atomic E-state index is 13.1. The summed E-state index contributed by atoms with van der Waals surface area (Å²) in [6, 6.07) is 3.15. The molecule has 0 spiro atoms. The summed E-state index contributed by atoms with van der Waals surface area (Å²) in [6.45, 7) is 0.311. The van der Waals surface area contributed by atoms with Crippen molar-refractivity contribution >= 4 is 40.2 Å². The summed E-state index contributed by atoms with van der Waals surface area (Å²) < 4.78 is 29.0. The van der Waals surface area contributed by atoms with Gasteiger partial charge in [0.15, 0.2) is 21.3 Å². The molecule has 11 nitrogen and oxygen atoms in total. The predicted octanol–water partition coefficient (Wildman–Crippen LogP) is -0.393. The van der Waals surface area contributed by atoms with E-state index in [1.807, 2.05) is 5.32 Å². The van der Waals surface area contributed by atoms with E-state index in [4.69, 9.17) is 10.1 Å². The Morgan fingerprint density at radius 3 is 2.75 bits per heavy atom. The van der Waals surface area contributed by atoms with Crippen LogP contribution in [0.2, 0.25) is 0 Å². The lowest BCUT2D eigenvalue weighted by Gasteiger charge is -2.37. The summed E-state index contributed by atoms with van der Waals surface area (Å²) in [4.78, 5) is 40.6. The molecule has 0 bridgehead atoms. The van der Waals surface area contributed by atoms with Crippen molar-refractivity contribution in [1.29, 1.82) is 5.41 Å². The first-order chi connectivity index (χ1) is 13.1. The van der Waals surface area contributed by atoms with Crippen molar-refractivity contribution in [2.24, 2.45) is 0 Å². The van der Waals surface area contributed by atoms with E-state index in [1.165, 1.54) is 12.3 Å². The van der Waals surface area contributed by atoms with E-state index in [1.54, 1.807) is 18.2 Å². The Morgan fingerprint density at radius 2 is 2.18 bits per heavy atom. The lowest BCUT2D eigenvalue weighted by atomic mass is 9.94. The number of rotatable bonds is 5. The maximum absolute atomic E-state index is 13.1. The van der Waals surface area contributed by atoms with Gasteiger partial charge in [-0.05, 0) is 25.1 Å². The van der Waals surface area contributed by atoms with Gasteiger partial charge in [0.1, 0.15) is 11.4 Å². The van der Waals surface area contributed by atoms with Crippen LogP contribution in [-0.2, 0) is 24.2 Å². The molecule has 3 rings (SSSR count). The molecule has 2 saturated heterocycles. The molecular weight excluding hydrogens is 392 g/mol. The largest absolute Gasteiger partial charge is 0.480 e. The van der Waals surface area contributed by atoms with Crippen molar-refractivity contribution in [2.75, 3.05) is 6.61 Å². The van der Waals surface area contributed by atoms with Crippen molar-refractivity contribution in [1.82, 2.24) is 15.2 Å². The lowest BCUT2D eigenvalue weighted by Crippen LogP contribution is -2.59. The van der Waals surface area contributed by atoms with Gasteiger partial charge in [0.2, 0.25) is 0 Å². The topological polar surface area (TPSA) is 167 Å². The molecule has 0 radical (unpaired) electrons. The highest BCUT2D eigenvalue weighted by molar-refractivity contribution is 7.94. The van der Waals surface area contributed by atoms with Crippen LogP contribution in [0.5, 0.6) is 0 Å². The molecule has 3 N–H and O–H groups in total. The number of pyridine rings is 1. The van der Waals surface area contributed by atoms with Gasteiger partial charge in [-0.25, -0.2) is 18.0 Å². The molecule has 2 aliphatic heterocycles. The smallest absolute Gasteiger partial charge is 0.412 e. The van der Waals surface area contributed by atoms with Crippen LogP contribution in [0.1, 0.15) is 12.6 Å². The average Bonchev–Trinajstić information content (AvgIpc) is 2.81. The van der Waals surface area contributed by atoms with Gasteiger partial charge < -0.3 is 14.7 Å². The number of nitrogens with one attached hydrogen (secondary N) is 2. The summed E-state index contributed by atoms with van der Waals surface area (Å²) in [6.07, 6.45) is 2.19.